The molecule has 0 spiro atoms. The Bertz CT molecular complexity index is 989. The van der Waals surface area contributed by atoms with Gasteiger partial charge in [0.05, 0.1) is 25.4 Å². The Balaban J connectivity index is 2.10. The van der Waals surface area contributed by atoms with E-state index >= 15 is 0 Å². The van der Waals surface area contributed by atoms with Gasteiger partial charge >= 0.3 is 11.9 Å². The van der Waals surface area contributed by atoms with Crippen LogP contribution in [-0.2, 0) is 14.3 Å². The molecular formula is C23H31N3O5. The number of aliphatic hydroxyl groups excluding tert-OH is 1. The molecule has 3 heterocycles. The van der Waals surface area contributed by atoms with Crippen LogP contribution < -0.4 is 4.90 Å². The molecule has 1 aliphatic rings. The molecule has 8 nitrogen and oxygen atoms in total. The first-order valence-corrected chi connectivity index (χ1v) is 10.5. The first-order valence-electron chi connectivity index (χ1n) is 10.5. The van der Waals surface area contributed by atoms with Crippen LogP contribution in [0.1, 0.15) is 60.3 Å². The normalized spacial score (nSPS) is 16.7. The number of aliphatic hydroxyl groups is 1. The fourth-order valence-electron chi connectivity index (χ4n) is 4.33. The van der Waals surface area contributed by atoms with Crippen LogP contribution in [0.4, 0.5) is 5.69 Å². The molecule has 3 rings (SSSR count). The molecule has 1 saturated heterocycles. The Morgan fingerprint density at radius 2 is 2.00 bits per heavy atom. The molecule has 0 amide bonds. The van der Waals surface area contributed by atoms with Gasteiger partial charge in [-0.2, -0.15) is 5.10 Å². The van der Waals surface area contributed by atoms with Crippen molar-refractivity contribution in [2.24, 2.45) is 5.41 Å². The molecular weight excluding hydrogens is 398 g/mol. The maximum Gasteiger partial charge on any atom is 0.358 e. The van der Waals surface area contributed by atoms with Crippen molar-refractivity contribution in [3.63, 3.8) is 0 Å². The summed E-state index contributed by atoms with van der Waals surface area (Å²) in [5.41, 5.74) is 2.87. The fourth-order valence-corrected chi connectivity index (χ4v) is 4.33. The number of allylic oxidation sites excluding steroid dienone is 1. The van der Waals surface area contributed by atoms with E-state index in [0.29, 0.717) is 22.3 Å². The van der Waals surface area contributed by atoms with Crippen molar-refractivity contribution in [2.75, 3.05) is 32.2 Å². The number of ether oxygens (including phenoxy) is 2. The summed E-state index contributed by atoms with van der Waals surface area (Å²) in [4.78, 5) is 26.5. The van der Waals surface area contributed by atoms with E-state index < -0.39 is 18.0 Å². The van der Waals surface area contributed by atoms with Crippen LogP contribution >= 0.6 is 0 Å². The number of anilines is 1. The van der Waals surface area contributed by atoms with Gasteiger partial charge in [-0.3, -0.25) is 0 Å². The maximum absolute atomic E-state index is 12.2. The summed E-state index contributed by atoms with van der Waals surface area (Å²) in [6.45, 7) is 9.44. The smallest absolute Gasteiger partial charge is 0.358 e. The van der Waals surface area contributed by atoms with Crippen LogP contribution in [-0.4, -0.2) is 54.0 Å². The number of hydrogen-bond donors (Lipinski definition) is 1. The highest BCUT2D eigenvalue weighted by molar-refractivity contribution is 5.92. The minimum Gasteiger partial charge on any atom is -0.467 e. The molecule has 168 valence electrons. The van der Waals surface area contributed by atoms with Gasteiger partial charge < -0.3 is 19.5 Å². The van der Waals surface area contributed by atoms with E-state index in [0.717, 1.165) is 38.8 Å². The van der Waals surface area contributed by atoms with Gasteiger partial charge in [0.25, 0.3) is 0 Å². The number of pyridine rings is 1. The second-order valence-corrected chi connectivity index (χ2v) is 8.48. The molecule has 2 aromatic heterocycles. The van der Waals surface area contributed by atoms with Crippen LogP contribution in [0.5, 0.6) is 0 Å². The molecule has 0 saturated carbocycles. The predicted molar refractivity (Wildman–Crippen MR) is 117 cm³/mol. The van der Waals surface area contributed by atoms with E-state index in [-0.39, 0.29) is 11.1 Å². The van der Waals surface area contributed by atoms with E-state index in [1.807, 2.05) is 13.0 Å². The Labute approximate surface area is 182 Å². The summed E-state index contributed by atoms with van der Waals surface area (Å²) in [7, 11) is 2.55. The van der Waals surface area contributed by atoms with Gasteiger partial charge in [0.1, 0.15) is 0 Å². The van der Waals surface area contributed by atoms with Gasteiger partial charge in [-0.1, -0.05) is 13.0 Å². The standard InChI is InChI=1S/C23H31N3O5/c1-6-7-8-23(3)9-11-25(12-10-23)19-17-13-16(21(28)30-4)24-26(17)14-15(2)18(19)20(27)22(29)31-5/h6,13-14,20,27H,1,7-12H2,2-5H3. The largest absolute Gasteiger partial charge is 0.467 e. The van der Waals surface area contributed by atoms with Crippen molar-refractivity contribution < 1.29 is 24.2 Å². The number of rotatable bonds is 7. The lowest BCUT2D eigenvalue weighted by atomic mass is 9.76. The number of nitrogens with zero attached hydrogens (tertiary/aromatic N) is 3. The molecule has 1 atom stereocenters. The third-order valence-corrected chi connectivity index (χ3v) is 6.31. The minimum atomic E-state index is -1.43. The van der Waals surface area contributed by atoms with Crippen LogP contribution in [0, 0.1) is 12.3 Å². The second-order valence-electron chi connectivity index (χ2n) is 8.48. The summed E-state index contributed by atoms with van der Waals surface area (Å²) in [6, 6.07) is 1.64. The van der Waals surface area contributed by atoms with Gasteiger partial charge in [0.15, 0.2) is 11.8 Å². The SMILES string of the molecule is C=CCCC1(C)CCN(c2c(C(O)C(=O)OC)c(C)cn3nc(C(=O)OC)cc23)CC1. The summed E-state index contributed by atoms with van der Waals surface area (Å²) < 4.78 is 11.2. The predicted octanol–water partition coefficient (Wildman–Crippen LogP) is 3.21. The molecule has 31 heavy (non-hydrogen) atoms. The highest BCUT2D eigenvalue weighted by Crippen LogP contribution is 2.41. The molecule has 0 radical (unpaired) electrons. The molecule has 8 heteroatoms. The monoisotopic (exact) mass is 429 g/mol. The lowest BCUT2D eigenvalue weighted by Crippen LogP contribution is -2.40. The molecule has 1 fully saturated rings. The zero-order valence-electron chi connectivity index (χ0n) is 18.7. The first kappa shape index (κ1) is 22.8. The second kappa shape index (κ2) is 9.09. The Morgan fingerprint density at radius 3 is 2.58 bits per heavy atom. The topological polar surface area (TPSA) is 93.4 Å². The summed E-state index contributed by atoms with van der Waals surface area (Å²) in [5, 5.41) is 15.1. The lowest BCUT2D eigenvalue weighted by Gasteiger charge is -2.41. The molecule has 1 N–H and O–H groups in total. The number of fused-ring (bicyclic) bond motifs is 1. The van der Waals surface area contributed by atoms with E-state index in [1.165, 1.54) is 14.2 Å². The molecule has 2 aromatic rings. The third kappa shape index (κ3) is 4.44. The van der Waals surface area contributed by atoms with Crippen molar-refractivity contribution in [2.45, 2.75) is 45.6 Å². The van der Waals surface area contributed by atoms with Crippen molar-refractivity contribution in [3.05, 3.63) is 41.7 Å². The molecule has 1 aliphatic heterocycles. The third-order valence-electron chi connectivity index (χ3n) is 6.31. The zero-order chi connectivity index (χ0) is 22.8. The average Bonchev–Trinajstić information content (AvgIpc) is 3.19. The van der Waals surface area contributed by atoms with Gasteiger partial charge in [-0.15, -0.1) is 6.58 Å². The van der Waals surface area contributed by atoms with Crippen LogP contribution in [0.2, 0.25) is 0 Å². The molecule has 0 aliphatic carbocycles. The maximum atomic E-state index is 12.2. The van der Waals surface area contributed by atoms with E-state index in [1.54, 1.807) is 16.8 Å². The van der Waals surface area contributed by atoms with Crippen LogP contribution in [0.15, 0.2) is 24.9 Å². The zero-order valence-corrected chi connectivity index (χ0v) is 18.7. The van der Waals surface area contributed by atoms with Gasteiger partial charge in [-0.05, 0) is 43.6 Å². The lowest BCUT2D eigenvalue weighted by molar-refractivity contribution is -0.150. The quantitative estimate of drug-likeness (QED) is 0.534. The number of carbonyl (C=O) groups excluding carboxylic acids is 2. The molecule has 0 aromatic carbocycles. The number of esters is 2. The molecule has 0 bridgehead atoms. The fraction of sp³-hybridized carbons (Fsp3) is 0.522. The van der Waals surface area contributed by atoms with E-state index in [4.69, 9.17) is 9.47 Å². The average molecular weight is 430 g/mol. The Morgan fingerprint density at radius 1 is 1.32 bits per heavy atom. The number of aryl methyl sites for hydroxylation is 1. The van der Waals surface area contributed by atoms with Crippen LogP contribution in [0.3, 0.4) is 0 Å². The first-order chi connectivity index (χ1) is 14.7. The highest BCUT2D eigenvalue weighted by atomic mass is 16.5. The van der Waals surface area contributed by atoms with Gasteiger partial charge in [0.2, 0.25) is 0 Å². The van der Waals surface area contributed by atoms with Gasteiger partial charge in [0, 0.05) is 30.9 Å². The molecule has 1 unspecified atom stereocenters. The number of carbonyl (C=O) groups is 2. The van der Waals surface area contributed by atoms with Crippen molar-refractivity contribution >= 4 is 23.1 Å². The Kier molecular flexibility index (Phi) is 6.69. The summed E-state index contributed by atoms with van der Waals surface area (Å²) in [5.74, 6) is -1.27. The van der Waals surface area contributed by atoms with Gasteiger partial charge in [-0.25, -0.2) is 14.1 Å². The number of aromatic nitrogens is 2. The summed E-state index contributed by atoms with van der Waals surface area (Å²) in [6.07, 6.45) is 6.19. The highest BCUT2D eigenvalue weighted by Gasteiger charge is 2.34. The minimum absolute atomic E-state index is 0.167. The summed E-state index contributed by atoms with van der Waals surface area (Å²) >= 11 is 0. The van der Waals surface area contributed by atoms with E-state index in [2.05, 4.69) is 23.5 Å². The van der Waals surface area contributed by atoms with Crippen molar-refractivity contribution in [1.29, 1.82) is 0 Å². The Hall–Kier alpha value is -2.87. The van der Waals surface area contributed by atoms with Crippen molar-refractivity contribution in [3.8, 4) is 0 Å². The van der Waals surface area contributed by atoms with Crippen LogP contribution in [0.25, 0.3) is 5.52 Å². The van der Waals surface area contributed by atoms with Crippen molar-refractivity contribution in [1.82, 2.24) is 9.61 Å². The number of hydrogen-bond acceptors (Lipinski definition) is 7. The number of methoxy groups -OCH3 is 2. The number of piperidine rings is 1. The van der Waals surface area contributed by atoms with E-state index in [9.17, 15) is 14.7 Å².